The first kappa shape index (κ1) is 15.0. The minimum Gasteiger partial charge on any atom is -0.378 e. The molecule has 1 saturated carbocycles. The predicted octanol–water partition coefficient (Wildman–Crippen LogP) is 3.75. The Morgan fingerprint density at radius 1 is 1.18 bits per heavy atom. The maximum Gasteiger partial charge on any atom is 0.0575 e. The molecule has 0 aliphatic heterocycles. The van der Waals surface area contributed by atoms with Crippen molar-refractivity contribution >= 4 is 0 Å². The van der Waals surface area contributed by atoms with E-state index < -0.39 is 0 Å². The number of hydrogen-bond donors (Lipinski definition) is 1. The van der Waals surface area contributed by atoms with Gasteiger partial charge in [-0.3, -0.25) is 0 Å². The normalized spacial score (nSPS) is 27.0. The van der Waals surface area contributed by atoms with Gasteiger partial charge in [0.2, 0.25) is 0 Å². The lowest BCUT2D eigenvalue weighted by molar-refractivity contribution is 0.0177. The van der Waals surface area contributed by atoms with Gasteiger partial charge >= 0.3 is 0 Å². The fourth-order valence-electron chi connectivity index (χ4n) is 2.65. The molecule has 0 spiro atoms. The summed E-state index contributed by atoms with van der Waals surface area (Å²) >= 11 is 0. The molecule has 17 heavy (non-hydrogen) atoms. The van der Waals surface area contributed by atoms with Crippen LogP contribution in [0.3, 0.4) is 0 Å². The van der Waals surface area contributed by atoms with E-state index in [1.165, 1.54) is 44.9 Å². The SMILES string of the molecule is CCNC(C)CCCCOC1CCC(C)CC1. The smallest absolute Gasteiger partial charge is 0.0575 e. The van der Waals surface area contributed by atoms with Crippen molar-refractivity contribution in [3.8, 4) is 0 Å². The van der Waals surface area contributed by atoms with E-state index in [9.17, 15) is 0 Å². The number of unbranched alkanes of at least 4 members (excludes halogenated alkanes) is 1. The van der Waals surface area contributed by atoms with Crippen molar-refractivity contribution in [1.82, 2.24) is 5.32 Å². The van der Waals surface area contributed by atoms with Crippen LogP contribution in [0.4, 0.5) is 0 Å². The van der Waals surface area contributed by atoms with E-state index in [1.54, 1.807) is 0 Å². The molecular weight excluding hydrogens is 210 g/mol. The molecule has 2 heteroatoms. The van der Waals surface area contributed by atoms with Gasteiger partial charge in [-0.25, -0.2) is 0 Å². The highest BCUT2D eigenvalue weighted by molar-refractivity contribution is 4.70. The molecule has 2 nitrogen and oxygen atoms in total. The van der Waals surface area contributed by atoms with Crippen LogP contribution in [0.5, 0.6) is 0 Å². The van der Waals surface area contributed by atoms with E-state index in [1.807, 2.05) is 0 Å². The number of nitrogens with one attached hydrogen (secondary N) is 1. The molecule has 0 bridgehead atoms. The molecule has 1 atom stereocenters. The molecule has 0 heterocycles. The lowest BCUT2D eigenvalue weighted by Gasteiger charge is -2.26. The number of hydrogen-bond acceptors (Lipinski definition) is 2. The first-order valence-electron chi connectivity index (χ1n) is 7.57. The van der Waals surface area contributed by atoms with Crippen LogP contribution < -0.4 is 5.32 Å². The summed E-state index contributed by atoms with van der Waals surface area (Å²) in [6.07, 6.45) is 9.66. The van der Waals surface area contributed by atoms with Crippen molar-refractivity contribution in [2.24, 2.45) is 5.92 Å². The van der Waals surface area contributed by atoms with Crippen molar-refractivity contribution in [3.05, 3.63) is 0 Å². The van der Waals surface area contributed by atoms with Gasteiger partial charge in [0.25, 0.3) is 0 Å². The summed E-state index contributed by atoms with van der Waals surface area (Å²) in [5.41, 5.74) is 0. The average Bonchev–Trinajstić information content (AvgIpc) is 2.31. The van der Waals surface area contributed by atoms with Gasteiger partial charge < -0.3 is 10.1 Å². The molecule has 102 valence electrons. The highest BCUT2D eigenvalue weighted by Gasteiger charge is 2.18. The molecule has 1 fully saturated rings. The van der Waals surface area contributed by atoms with Gasteiger partial charge in [0, 0.05) is 12.6 Å². The Balaban J connectivity index is 1.90. The number of ether oxygens (including phenoxy) is 1. The number of rotatable bonds is 8. The Morgan fingerprint density at radius 3 is 2.53 bits per heavy atom. The van der Waals surface area contributed by atoms with Gasteiger partial charge in [0.05, 0.1) is 6.10 Å². The molecule has 0 radical (unpaired) electrons. The van der Waals surface area contributed by atoms with Crippen molar-refractivity contribution in [2.75, 3.05) is 13.2 Å². The zero-order valence-electron chi connectivity index (χ0n) is 12.0. The van der Waals surface area contributed by atoms with Crippen molar-refractivity contribution in [3.63, 3.8) is 0 Å². The second-order valence-electron chi connectivity index (χ2n) is 5.71. The maximum atomic E-state index is 5.95. The van der Waals surface area contributed by atoms with Gasteiger partial charge in [-0.05, 0) is 64.3 Å². The van der Waals surface area contributed by atoms with E-state index in [-0.39, 0.29) is 0 Å². The Hall–Kier alpha value is -0.0800. The molecular formula is C15H31NO. The summed E-state index contributed by atoms with van der Waals surface area (Å²) in [5.74, 6) is 0.927. The minimum absolute atomic E-state index is 0.567. The van der Waals surface area contributed by atoms with E-state index in [2.05, 4.69) is 26.1 Å². The van der Waals surface area contributed by atoms with Crippen LogP contribution in [0, 0.1) is 5.92 Å². The molecule has 0 aromatic heterocycles. The van der Waals surface area contributed by atoms with E-state index >= 15 is 0 Å². The zero-order valence-corrected chi connectivity index (χ0v) is 12.0. The standard InChI is InChI=1S/C15H31NO/c1-4-16-14(3)7-5-6-12-17-15-10-8-13(2)9-11-15/h13-16H,4-12H2,1-3H3. The Morgan fingerprint density at radius 2 is 1.88 bits per heavy atom. The second kappa shape index (κ2) is 8.93. The molecule has 1 N–H and O–H groups in total. The summed E-state index contributed by atoms with van der Waals surface area (Å²) in [4.78, 5) is 0. The fraction of sp³-hybridized carbons (Fsp3) is 1.00. The summed E-state index contributed by atoms with van der Waals surface area (Å²) in [5, 5.41) is 3.45. The van der Waals surface area contributed by atoms with E-state index in [0.29, 0.717) is 12.1 Å². The molecule has 1 unspecified atom stereocenters. The average molecular weight is 241 g/mol. The van der Waals surface area contributed by atoms with Crippen LogP contribution in [0.15, 0.2) is 0 Å². The van der Waals surface area contributed by atoms with Crippen LogP contribution in [-0.2, 0) is 4.74 Å². The molecule has 1 rings (SSSR count). The van der Waals surface area contributed by atoms with Crippen molar-refractivity contribution in [1.29, 1.82) is 0 Å². The van der Waals surface area contributed by atoms with Crippen LogP contribution in [-0.4, -0.2) is 25.3 Å². The van der Waals surface area contributed by atoms with Crippen LogP contribution in [0.2, 0.25) is 0 Å². The fourth-order valence-corrected chi connectivity index (χ4v) is 2.65. The summed E-state index contributed by atoms with van der Waals surface area (Å²) in [7, 11) is 0. The first-order chi connectivity index (χ1) is 8.22. The molecule has 0 aromatic rings. The van der Waals surface area contributed by atoms with Gasteiger partial charge in [0.1, 0.15) is 0 Å². The van der Waals surface area contributed by atoms with Crippen LogP contribution in [0.25, 0.3) is 0 Å². The molecule has 1 aliphatic rings. The Bertz CT molecular complexity index is 176. The van der Waals surface area contributed by atoms with Crippen LogP contribution >= 0.6 is 0 Å². The lowest BCUT2D eigenvalue weighted by Crippen LogP contribution is -2.25. The monoisotopic (exact) mass is 241 g/mol. The molecule has 1 aliphatic carbocycles. The highest BCUT2D eigenvalue weighted by Crippen LogP contribution is 2.25. The highest BCUT2D eigenvalue weighted by atomic mass is 16.5. The molecule has 0 aromatic carbocycles. The molecule has 0 saturated heterocycles. The first-order valence-corrected chi connectivity index (χ1v) is 7.57. The summed E-state index contributed by atoms with van der Waals surface area (Å²) in [6.45, 7) is 8.85. The lowest BCUT2D eigenvalue weighted by atomic mass is 9.89. The zero-order chi connectivity index (χ0) is 12.5. The topological polar surface area (TPSA) is 21.3 Å². The third kappa shape index (κ3) is 7.05. The predicted molar refractivity (Wildman–Crippen MR) is 74.4 cm³/mol. The largest absolute Gasteiger partial charge is 0.378 e. The van der Waals surface area contributed by atoms with Crippen LogP contribution in [0.1, 0.15) is 65.7 Å². The second-order valence-corrected chi connectivity index (χ2v) is 5.71. The van der Waals surface area contributed by atoms with E-state index in [4.69, 9.17) is 4.74 Å². The summed E-state index contributed by atoms with van der Waals surface area (Å²) in [6, 6.07) is 0.663. The quantitative estimate of drug-likeness (QED) is 0.653. The van der Waals surface area contributed by atoms with Gasteiger partial charge in [-0.15, -0.1) is 0 Å². The van der Waals surface area contributed by atoms with Gasteiger partial charge in [-0.2, -0.15) is 0 Å². The third-order valence-corrected chi connectivity index (χ3v) is 3.90. The van der Waals surface area contributed by atoms with Gasteiger partial charge in [0.15, 0.2) is 0 Å². The van der Waals surface area contributed by atoms with Gasteiger partial charge in [-0.1, -0.05) is 13.8 Å². The van der Waals surface area contributed by atoms with E-state index in [0.717, 1.165) is 19.1 Å². The van der Waals surface area contributed by atoms with Crippen molar-refractivity contribution in [2.45, 2.75) is 77.9 Å². The minimum atomic E-state index is 0.567. The molecule has 0 amide bonds. The Labute approximate surface area is 108 Å². The summed E-state index contributed by atoms with van der Waals surface area (Å²) < 4.78 is 5.95. The van der Waals surface area contributed by atoms with Crippen molar-refractivity contribution < 1.29 is 4.74 Å². The third-order valence-electron chi connectivity index (χ3n) is 3.90. The maximum absolute atomic E-state index is 5.95. The Kier molecular flexibility index (Phi) is 7.87.